The van der Waals surface area contributed by atoms with E-state index in [1.54, 1.807) is 0 Å². The number of rotatable bonds is 4. The lowest BCUT2D eigenvalue weighted by molar-refractivity contribution is 0.632. The molecule has 2 rings (SSSR count). The molecule has 1 atom stereocenters. The SMILES string of the molecule is CCn1nc(C)c(C(C)Nc2ccccc2I)c1C. The molecular formula is C15H20IN3. The summed E-state index contributed by atoms with van der Waals surface area (Å²) in [6.45, 7) is 9.47. The van der Waals surface area contributed by atoms with Crippen LogP contribution in [0.5, 0.6) is 0 Å². The first kappa shape index (κ1) is 14.4. The summed E-state index contributed by atoms with van der Waals surface area (Å²) in [6.07, 6.45) is 0. The highest BCUT2D eigenvalue weighted by Gasteiger charge is 2.17. The van der Waals surface area contributed by atoms with E-state index in [0.29, 0.717) is 0 Å². The van der Waals surface area contributed by atoms with E-state index in [-0.39, 0.29) is 6.04 Å². The van der Waals surface area contributed by atoms with Gasteiger partial charge in [-0.2, -0.15) is 5.10 Å². The minimum atomic E-state index is 0.260. The van der Waals surface area contributed by atoms with Gasteiger partial charge in [0, 0.05) is 27.1 Å². The van der Waals surface area contributed by atoms with E-state index in [9.17, 15) is 0 Å². The minimum Gasteiger partial charge on any atom is -0.378 e. The van der Waals surface area contributed by atoms with E-state index in [4.69, 9.17) is 0 Å². The van der Waals surface area contributed by atoms with E-state index in [1.807, 2.05) is 0 Å². The zero-order valence-electron chi connectivity index (χ0n) is 11.9. The molecule has 19 heavy (non-hydrogen) atoms. The van der Waals surface area contributed by atoms with Crippen LogP contribution in [-0.2, 0) is 6.54 Å². The third-order valence-electron chi connectivity index (χ3n) is 3.42. The van der Waals surface area contributed by atoms with E-state index in [0.717, 1.165) is 12.2 Å². The molecule has 0 aliphatic rings. The van der Waals surface area contributed by atoms with Gasteiger partial charge in [-0.3, -0.25) is 4.68 Å². The van der Waals surface area contributed by atoms with Crippen molar-refractivity contribution >= 4 is 28.3 Å². The fraction of sp³-hybridized carbons (Fsp3) is 0.400. The molecule has 1 heterocycles. The van der Waals surface area contributed by atoms with Gasteiger partial charge in [-0.25, -0.2) is 0 Å². The van der Waals surface area contributed by atoms with Crippen molar-refractivity contribution in [3.8, 4) is 0 Å². The highest BCUT2D eigenvalue weighted by atomic mass is 127. The highest BCUT2D eigenvalue weighted by Crippen LogP contribution is 2.27. The van der Waals surface area contributed by atoms with Gasteiger partial charge in [-0.05, 0) is 62.4 Å². The monoisotopic (exact) mass is 369 g/mol. The molecule has 1 N–H and O–H groups in total. The van der Waals surface area contributed by atoms with Crippen molar-refractivity contribution in [2.45, 2.75) is 40.3 Å². The lowest BCUT2D eigenvalue weighted by atomic mass is 10.1. The Morgan fingerprint density at radius 2 is 2.00 bits per heavy atom. The summed E-state index contributed by atoms with van der Waals surface area (Å²) in [5.41, 5.74) is 4.86. The largest absolute Gasteiger partial charge is 0.378 e. The van der Waals surface area contributed by atoms with Crippen molar-refractivity contribution in [2.24, 2.45) is 0 Å². The summed E-state index contributed by atoms with van der Waals surface area (Å²) >= 11 is 2.36. The van der Waals surface area contributed by atoms with Crippen LogP contribution in [0.15, 0.2) is 24.3 Å². The zero-order valence-corrected chi connectivity index (χ0v) is 14.0. The maximum absolute atomic E-state index is 4.59. The second-order valence-electron chi connectivity index (χ2n) is 4.75. The molecule has 1 unspecified atom stereocenters. The van der Waals surface area contributed by atoms with Crippen molar-refractivity contribution in [1.29, 1.82) is 0 Å². The molecule has 1 aromatic carbocycles. The van der Waals surface area contributed by atoms with Gasteiger partial charge in [0.05, 0.1) is 11.7 Å². The number of halogens is 1. The molecule has 102 valence electrons. The Labute approximate surface area is 128 Å². The van der Waals surface area contributed by atoms with Crippen molar-refractivity contribution in [2.75, 3.05) is 5.32 Å². The van der Waals surface area contributed by atoms with Gasteiger partial charge in [0.25, 0.3) is 0 Å². The molecule has 0 bridgehead atoms. The molecule has 4 heteroatoms. The molecular weight excluding hydrogens is 349 g/mol. The summed E-state index contributed by atoms with van der Waals surface area (Å²) in [7, 11) is 0. The number of benzene rings is 1. The Morgan fingerprint density at radius 3 is 2.58 bits per heavy atom. The lowest BCUT2D eigenvalue weighted by Crippen LogP contribution is -2.10. The Bertz CT molecular complexity index is 575. The predicted octanol–water partition coefficient (Wildman–Crippen LogP) is 4.30. The van der Waals surface area contributed by atoms with Gasteiger partial charge in [-0.1, -0.05) is 12.1 Å². The van der Waals surface area contributed by atoms with Crippen LogP contribution in [0.3, 0.4) is 0 Å². The second-order valence-corrected chi connectivity index (χ2v) is 5.91. The molecule has 0 amide bonds. The first-order valence-corrected chi connectivity index (χ1v) is 7.67. The Morgan fingerprint density at radius 1 is 1.32 bits per heavy atom. The summed E-state index contributed by atoms with van der Waals surface area (Å²) in [5, 5.41) is 8.17. The number of hydrogen-bond acceptors (Lipinski definition) is 2. The van der Waals surface area contributed by atoms with Crippen molar-refractivity contribution in [3.05, 3.63) is 44.8 Å². The Hall–Kier alpha value is -1.04. The van der Waals surface area contributed by atoms with Gasteiger partial charge in [-0.15, -0.1) is 0 Å². The van der Waals surface area contributed by atoms with Crippen molar-refractivity contribution in [1.82, 2.24) is 9.78 Å². The minimum absolute atomic E-state index is 0.260. The van der Waals surface area contributed by atoms with Crippen LogP contribution in [-0.4, -0.2) is 9.78 Å². The second kappa shape index (κ2) is 5.94. The molecule has 0 spiro atoms. The standard InChI is InChI=1S/C15H20IN3/c1-5-19-12(4)15(11(3)18-19)10(2)17-14-9-7-6-8-13(14)16/h6-10,17H,5H2,1-4H3. The number of anilines is 1. The molecule has 0 aliphatic carbocycles. The summed E-state index contributed by atoms with van der Waals surface area (Å²) in [5.74, 6) is 0. The van der Waals surface area contributed by atoms with Crippen LogP contribution in [0, 0.1) is 17.4 Å². The van der Waals surface area contributed by atoms with Gasteiger partial charge in [0.15, 0.2) is 0 Å². The van der Waals surface area contributed by atoms with E-state index in [1.165, 1.54) is 20.5 Å². The highest BCUT2D eigenvalue weighted by molar-refractivity contribution is 14.1. The quantitative estimate of drug-likeness (QED) is 0.815. The molecule has 0 aliphatic heterocycles. The van der Waals surface area contributed by atoms with Gasteiger partial charge >= 0.3 is 0 Å². The van der Waals surface area contributed by atoms with Gasteiger partial charge in [0.2, 0.25) is 0 Å². The van der Waals surface area contributed by atoms with Crippen molar-refractivity contribution in [3.63, 3.8) is 0 Å². The molecule has 3 nitrogen and oxygen atoms in total. The number of aromatic nitrogens is 2. The summed E-state index contributed by atoms with van der Waals surface area (Å²) in [4.78, 5) is 0. The molecule has 0 fully saturated rings. The molecule has 2 aromatic rings. The van der Waals surface area contributed by atoms with Crippen LogP contribution in [0.25, 0.3) is 0 Å². The van der Waals surface area contributed by atoms with Crippen LogP contribution < -0.4 is 5.32 Å². The Balaban J connectivity index is 2.28. The Kier molecular flexibility index (Phi) is 4.50. The number of nitrogens with zero attached hydrogens (tertiary/aromatic N) is 2. The number of para-hydroxylation sites is 1. The first-order valence-electron chi connectivity index (χ1n) is 6.59. The fourth-order valence-electron chi connectivity index (χ4n) is 2.53. The topological polar surface area (TPSA) is 29.9 Å². The number of aryl methyl sites for hydroxylation is 2. The van der Waals surface area contributed by atoms with E-state index >= 15 is 0 Å². The average molecular weight is 369 g/mol. The number of hydrogen-bond donors (Lipinski definition) is 1. The van der Waals surface area contributed by atoms with Crippen LogP contribution >= 0.6 is 22.6 Å². The van der Waals surface area contributed by atoms with Gasteiger partial charge < -0.3 is 5.32 Å². The third kappa shape index (κ3) is 2.94. The van der Waals surface area contributed by atoms with Crippen LogP contribution in [0.1, 0.15) is 36.8 Å². The van der Waals surface area contributed by atoms with E-state index in [2.05, 4.69) is 89.6 Å². The van der Waals surface area contributed by atoms with E-state index < -0.39 is 0 Å². The summed E-state index contributed by atoms with van der Waals surface area (Å²) in [6, 6.07) is 8.62. The summed E-state index contributed by atoms with van der Waals surface area (Å²) < 4.78 is 3.31. The number of nitrogens with one attached hydrogen (secondary N) is 1. The molecule has 1 aromatic heterocycles. The predicted molar refractivity (Wildman–Crippen MR) is 88.6 cm³/mol. The lowest BCUT2D eigenvalue weighted by Gasteiger charge is -2.17. The maximum Gasteiger partial charge on any atom is 0.0649 e. The van der Waals surface area contributed by atoms with Crippen LogP contribution in [0.4, 0.5) is 5.69 Å². The van der Waals surface area contributed by atoms with Gasteiger partial charge in [0.1, 0.15) is 0 Å². The zero-order chi connectivity index (χ0) is 14.0. The average Bonchev–Trinajstić information content (AvgIpc) is 2.67. The molecule has 0 saturated heterocycles. The van der Waals surface area contributed by atoms with Crippen molar-refractivity contribution < 1.29 is 0 Å². The first-order chi connectivity index (χ1) is 9.04. The normalized spacial score (nSPS) is 12.5. The third-order valence-corrected chi connectivity index (χ3v) is 4.36. The molecule has 0 saturated carbocycles. The van der Waals surface area contributed by atoms with Crippen LogP contribution in [0.2, 0.25) is 0 Å². The molecule has 0 radical (unpaired) electrons. The fourth-order valence-corrected chi connectivity index (χ4v) is 3.07. The maximum atomic E-state index is 4.59. The smallest absolute Gasteiger partial charge is 0.0649 e.